The van der Waals surface area contributed by atoms with Gasteiger partial charge in [-0.05, 0) is 38.8 Å². The van der Waals surface area contributed by atoms with Gasteiger partial charge >= 0.3 is 0 Å². The van der Waals surface area contributed by atoms with Gasteiger partial charge in [0.05, 0.1) is 11.4 Å². The molecule has 3 heterocycles. The highest BCUT2D eigenvalue weighted by molar-refractivity contribution is 5.94. The first-order chi connectivity index (χ1) is 11.1. The van der Waals surface area contributed by atoms with Crippen LogP contribution >= 0.6 is 0 Å². The number of hydrogen-bond donors (Lipinski definition) is 1. The summed E-state index contributed by atoms with van der Waals surface area (Å²) >= 11 is 0. The number of nitrogens with one attached hydrogen (secondary N) is 1. The topological polar surface area (TPSA) is 71.0 Å². The average Bonchev–Trinajstić information content (AvgIpc) is 2.58. The van der Waals surface area contributed by atoms with Crippen molar-refractivity contribution < 1.29 is 4.79 Å². The highest BCUT2D eigenvalue weighted by Gasteiger charge is 2.23. The number of anilines is 1. The number of piperidine rings is 1. The van der Waals surface area contributed by atoms with E-state index in [2.05, 4.69) is 25.2 Å². The van der Waals surface area contributed by atoms with Gasteiger partial charge in [-0.3, -0.25) is 14.8 Å². The number of rotatable bonds is 3. The number of hydrogen-bond acceptors (Lipinski definition) is 5. The van der Waals surface area contributed by atoms with Gasteiger partial charge in [-0.25, -0.2) is 4.98 Å². The van der Waals surface area contributed by atoms with Crippen molar-refractivity contribution in [3.05, 3.63) is 47.7 Å². The summed E-state index contributed by atoms with van der Waals surface area (Å²) in [6.45, 7) is 5.69. The maximum Gasteiger partial charge on any atom is 0.251 e. The van der Waals surface area contributed by atoms with E-state index in [0.717, 1.165) is 43.1 Å². The lowest BCUT2D eigenvalue weighted by molar-refractivity contribution is 0.0931. The molecule has 6 nitrogen and oxygen atoms in total. The highest BCUT2D eigenvalue weighted by atomic mass is 16.1. The molecule has 0 radical (unpaired) electrons. The molecule has 0 aromatic carbocycles. The average molecular weight is 311 g/mol. The standard InChI is InChI=1S/C17H21N5O/c1-12-11-19-13(2)16(20-12)22-9-5-15(6-10-22)21-17(23)14-3-7-18-8-4-14/h3-4,7-8,11,15H,5-6,9-10H2,1-2H3,(H,21,23). The molecule has 1 fully saturated rings. The summed E-state index contributed by atoms with van der Waals surface area (Å²) in [6.07, 6.45) is 6.88. The number of aromatic nitrogens is 3. The highest BCUT2D eigenvalue weighted by Crippen LogP contribution is 2.20. The van der Waals surface area contributed by atoms with Crippen molar-refractivity contribution in [2.24, 2.45) is 0 Å². The van der Waals surface area contributed by atoms with Gasteiger partial charge in [-0.1, -0.05) is 0 Å². The molecule has 0 bridgehead atoms. The van der Waals surface area contributed by atoms with E-state index in [0.29, 0.717) is 5.56 Å². The summed E-state index contributed by atoms with van der Waals surface area (Å²) in [5.74, 6) is 0.932. The largest absolute Gasteiger partial charge is 0.355 e. The van der Waals surface area contributed by atoms with E-state index >= 15 is 0 Å². The third-order valence-electron chi connectivity index (χ3n) is 4.12. The van der Waals surface area contributed by atoms with E-state index in [1.807, 2.05) is 13.8 Å². The summed E-state index contributed by atoms with van der Waals surface area (Å²) in [4.78, 5) is 27.4. The third-order valence-corrected chi connectivity index (χ3v) is 4.12. The molecular formula is C17H21N5O. The lowest BCUT2D eigenvalue weighted by atomic mass is 10.0. The van der Waals surface area contributed by atoms with Crippen LogP contribution in [-0.4, -0.2) is 40.0 Å². The lowest BCUT2D eigenvalue weighted by Gasteiger charge is -2.33. The van der Waals surface area contributed by atoms with E-state index in [-0.39, 0.29) is 11.9 Å². The summed E-state index contributed by atoms with van der Waals surface area (Å²) in [7, 11) is 0. The molecule has 0 saturated carbocycles. The Hall–Kier alpha value is -2.50. The molecule has 0 spiro atoms. The van der Waals surface area contributed by atoms with E-state index < -0.39 is 0 Å². The molecule has 1 aliphatic heterocycles. The molecule has 3 rings (SSSR count). The van der Waals surface area contributed by atoms with Gasteiger partial charge in [0, 0.05) is 43.3 Å². The lowest BCUT2D eigenvalue weighted by Crippen LogP contribution is -2.45. The monoisotopic (exact) mass is 311 g/mol. The van der Waals surface area contributed by atoms with Crippen LogP contribution < -0.4 is 10.2 Å². The predicted octanol–water partition coefficient (Wildman–Crippen LogP) is 1.89. The van der Waals surface area contributed by atoms with Crippen molar-refractivity contribution >= 4 is 11.7 Å². The SMILES string of the molecule is Cc1cnc(C)c(N2CCC(NC(=O)c3ccncc3)CC2)n1. The molecule has 120 valence electrons. The van der Waals surface area contributed by atoms with Crippen molar-refractivity contribution in [2.45, 2.75) is 32.7 Å². The van der Waals surface area contributed by atoms with Crippen molar-refractivity contribution in [3.8, 4) is 0 Å². The Balaban J connectivity index is 1.58. The van der Waals surface area contributed by atoms with Crippen molar-refractivity contribution in [1.82, 2.24) is 20.3 Å². The Labute approximate surface area is 136 Å². The molecule has 1 aliphatic rings. The minimum absolute atomic E-state index is 0.0302. The summed E-state index contributed by atoms with van der Waals surface area (Å²) in [6, 6.07) is 3.66. The number of amides is 1. The number of pyridine rings is 1. The second kappa shape index (κ2) is 6.73. The van der Waals surface area contributed by atoms with E-state index in [9.17, 15) is 4.79 Å². The van der Waals surface area contributed by atoms with E-state index in [1.54, 1.807) is 30.7 Å². The van der Waals surface area contributed by atoms with E-state index in [4.69, 9.17) is 0 Å². The van der Waals surface area contributed by atoms with Gasteiger partial charge in [0.2, 0.25) is 0 Å². The van der Waals surface area contributed by atoms with Gasteiger partial charge in [-0.15, -0.1) is 0 Å². The maximum atomic E-state index is 12.2. The zero-order chi connectivity index (χ0) is 16.2. The van der Waals surface area contributed by atoms with Crippen molar-refractivity contribution in [2.75, 3.05) is 18.0 Å². The fourth-order valence-corrected chi connectivity index (χ4v) is 2.83. The van der Waals surface area contributed by atoms with Gasteiger partial charge in [0.25, 0.3) is 5.91 Å². The van der Waals surface area contributed by atoms with E-state index in [1.165, 1.54) is 0 Å². The number of carbonyl (C=O) groups excluding carboxylic acids is 1. The molecule has 1 amide bonds. The molecule has 0 aliphatic carbocycles. The van der Waals surface area contributed by atoms with Crippen LogP contribution in [0.2, 0.25) is 0 Å². The zero-order valence-electron chi connectivity index (χ0n) is 13.5. The van der Waals surface area contributed by atoms with Gasteiger partial charge in [-0.2, -0.15) is 0 Å². The summed E-state index contributed by atoms with van der Waals surface area (Å²) < 4.78 is 0. The van der Waals surface area contributed by atoms with Gasteiger partial charge < -0.3 is 10.2 Å². The van der Waals surface area contributed by atoms with Gasteiger partial charge in [0.1, 0.15) is 5.82 Å². The fraction of sp³-hybridized carbons (Fsp3) is 0.412. The van der Waals surface area contributed by atoms with Crippen LogP contribution in [0.15, 0.2) is 30.7 Å². The van der Waals surface area contributed by atoms with Crippen LogP contribution in [0.5, 0.6) is 0 Å². The molecule has 2 aromatic heterocycles. The Bertz CT molecular complexity index is 681. The molecule has 1 saturated heterocycles. The Morgan fingerprint density at radius 3 is 2.61 bits per heavy atom. The molecule has 1 N–H and O–H groups in total. The maximum absolute atomic E-state index is 12.2. The van der Waals surface area contributed by atoms with Crippen molar-refractivity contribution in [3.63, 3.8) is 0 Å². The molecule has 6 heteroatoms. The van der Waals surface area contributed by atoms with Crippen LogP contribution in [0, 0.1) is 13.8 Å². The first-order valence-corrected chi connectivity index (χ1v) is 7.89. The summed E-state index contributed by atoms with van der Waals surface area (Å²) in [5, 5.41) is 3.10. The third kappa shape index (κ3) is 3.64. The van der Waals surface area contributed by atoms with Crippen LogP contribution in [0.25, 0.3) is 0 Å². The number of carbonyl (C=O) groups is 1. The second-order valence-electron chi connectivity index (χ2n) is 5.89. The summed E-state index contributed by atoms with van der Waals surface area (Å²) in [5.41, 5.74) is 2.54. The van der Waals surface area contributed by atoms with Crippen LogP contribution in [0.3, 0.4) is 0 Å². The Morgan fingerprint density at radius 2 is 1.91 bits per heavy atom. The molecule has 2 aromatic rings. The minimum Gasteiger partial charge on any atom is -0.355 e. The van der Waals surface area contributed by atoms with Crippen LogP contribution in [-0.2, 0) is 0 Å². The minimum atomic E-state index is -0.0302. The van der Waals surface area contributed by atoms with Crippen LogP contribution in [0.1, 0.15) is 34.6 Å². The first kappa shape index (κ1) is 15.4. The first-order valence-electron chi connectivity index (χ1n) is 7.89. The molecule has 0 unspecified atom stereocenters. The van der Waals surface area contributed by atoms with Gasteiger partial charge in [0.15, 0.2) is 0 Å². The molecule has 0 atom stereocenters. The Kier molecular flexibility index (Phi) is 4.50. The normalized spacial score (nSPS) is 15.5. The molecular weight excluding hydrogens is 290 g/mol. The smallest absolute Gasteiger partial charge is 0.251 e. The number of nitrogens with zero attached hydrogens (tertiary/aromatic N) is 4. The Morgan fingerprint density at radius 1 is 1.22 bits per heavy atom. The fourth-order valence-electron chi connectivity index (χ4n) is 2.83. The quantitative estimate of drug-likeness (QED) is 0.937. The second-order valence-corrected chi connectivity index (χ2v) is 5.89. The van der Waals surface area contributed by atoms with Crippen LogP contribution in [0.4, 0.5) is 5.82 Å². The predicted molar refractivity (Wildman–Crippen MR) is 88.4 cm³/mol. The number of aryl methyl sites for hydroxylation is 2. The zero-order valence-corrected chi connectivity index (χ0v) is 13.5. The van der Waals surface area contributed by atoms with Crippen molar-refractivity contribution in [1.29, 1.82) is 0 Å². The molecule has 23 heavy (non-hydrogen) atoms.